The molecule has 1 aromatic heterocycles. The average molecular weight is 337 g/mol. The summed E-state index contributed by atoms with van der Waals surface area (Å²) in [6.45, 7) is 13.3. The van der Waals surface area contributed by atoms with Gasteiger partial charge in [-0.1, -0.05) is 38.6 Å². The van der Waals surface area contributed by atoms with Crippen LogP contribution in [0.25, 0.3) is 5.57 Å². The molecule has 1 aliphatic rings. The van der Waals surface area contributed by atoms with E-state index in [1.54, 1.807) is 12.1 Å². The van der Waals surface area contributed by atoms with E-state index < -0.39 is 5.97 Å². The molecule has 0 bridgehead atoms. The molecule has 4 nitrogen and oxygen atoms in total. The first-order chi connectivity index (χ1) is 11.6. The zero-order valence-corrected chi connectivity index (χ0v) is 15.1. The van der Waals surface area contributed by atoms with E-state index in [0.29, 0.717) is 12.3 Å². The van der Waals surface area contributed by atoms with Crippen molar-refractivity contribution >= 4 is 11.5 Å². The molecule has 2 aromatic rings. The Morgan fingerprint density at radius 3 is 2.40 bits per heavy atom. The van der Waals surface area contributed by atoms with E-state index in [-0.39, 0.29) is 16.6 Å². The van der Waals surface area contributed by atoms with Crippen LogP contribution in [-0.2, 0) is 15.8 Å². The molecule has 2 heterocycles. The minimum atomic E-state index is -0.984. The number of rotatable bonds is 3. The quantitative estimate of drug-likeness (QED) is 0.903. The van der Waals surface area contributed by atoms with Gasteiger partial charge in [0.2, 0.25) is 0 Å². The van der Waals surface area contributed by atoms with Gasteiger partial charge in [-0.15, -0.1) is 0 Å². The zero-order chi connectivity index (χ0) is 18.4. The lowest BCUT2D eigenvalue weighted by atomic mass is 9.74. The van der Waals surface area contributed by atoms with E-state index >= 15 is 0 Å². The number of fused-ring (bicyclic) bond motifs is 1. The number of hydrogen-bond donors (Lipinski definition) is 1. The molecule has 0 fully saturated rings. The standard InChI is InChI=1S/C21H23NO3/c1-13(18-9-7-15(11-22-18)19(23)24)14-6-8-16-17(10-14)20(2,3)12-25-21(16,4)5/h6-11H,1,12H2,2-5H3,(H,23,24). The third-order valence-corrected chi connectivity index (χ3v) is 4.86. The number of ether oxygens (including phenoxy) is 1. The molecule has 3 rings (SSSR count). The number of benzene rings is 1. The molecule has 1 aromatic carbocycles. The van der Waals surface area contributed by atoms with Crippen molar-refractivity contribution in [3.63, 3.8) is 0 Å². The van der Waals surface area contributed by atoms with Crippen molar-refractivity contribution in [3.05, 3.63) is 71.1 Å². The van der Waals surface area contributed by atoms with E-state index in [2.05, 4.69) is 51.4 Å². The van der Waals surface area contributed by atoms with E-state index in [9.17, 15) is 4.79 Å². The number of carboxylic acids is 1. The lowest BCUT2D eigenvalue weighted by Gasteiger charge is -2.42. The van der Waals surface area contributed by atoms with Crippen molar-refractivity contribution in [2.45, 2.75) is 38.7 Å². The molecular formula is C21H23NO3. The van der Waals surface area contributed by atoms with Crippen LogP contribution in [0.1, 0.15) is 60.4 Å². The van der Waals surface area contributed by atoms with Gasteiger partial charge in [-0.25, -0.2) is 4.79 Å². The van der Waals surface area contributed by atoms with Gasteiger partial charge in [0.15, 0.2) is 0 Å². The van der Waals surface area contributed by atoms with Gasteiger partial charge in [0, 0.05) is 17.2 Å². The summed E-state index contributed by atoms with van der Waals surface area (Å²) in [5.41, 5.74) is 4.66. The molecule has 1 N–H and O–H groups in total. The molecule has 0 saturated carbocycles. The van der Waals surface area contributed by atoms with Gasteiger partial charge in [-0.3, -0.25) is 4.98 Å². The second-order valence-corrected chi connectivity index (χ2v) is 7.66. The Morgan fingerprint density at radius 1 is 1.12 bits per heavy atom. The van der Waals surface area contributed by atoms with Crippen molar-refractivity contribution < 1.29 is 14.6 Å². The van der Waals surface area contributed by atoms with Crippen LogP contribution in [0.15, 0.2) is 43.1 Å². The van der Waals surface area contributed by atoms with Crippen LogP contribution in [0.4, 0.5) is 0 Å². The molecule has 25 heavy (non-hydrogen) atoms. The normalized spacial score (nSPS) is 17.6. The van der Waals surface area contributed by atoms with Crippen molar-refractivity contribution in [2.24, 2.45) is 0 Å². The Morgan fingerprint density at radius 2 is 1.80 bits per heavy atom. The summed E-state index contributed by atoms with van der Waals surface area (Å²) in [4.78, 5) is 15.2. The molecule has 0 aliphatic carbocycles. The van der Waals surface area contributed by atoms with Gasteiger partial charge in [-0.2, -0.15) is 0 Å². The van der Waals surface area contributed by atoms with Crippen LogP contribution < -0.4 is 0 Å². The Labute approximate surface area is 148 Å². The summed E-state index contributed by atoms with van der Waals surface area (Å²) in [6, 6.07) is 9.54. The second-order valence-electron chi connectivity index (χ2n) is 7.66. The summed E-state index contributed by atoms with van der Waals surface area (Å²) in [5, 5.41) is 9.00. The number of aromatic nitrogens is 1. The van der Waals surface area contributed by atoms with Gasteiger partial charge >= 0.3 is 5.97 Å². The predicted molar refractivity (Wildman–Crippen MR) is 97.8 cm³/mol. The molecule has 0 unspecified atom stereocenters. The first kappa shape index (κ1) is 17.4. The minimum absolute atomic E-state index is 0.0816. The van der Waals surface area contributed by atoms with Crippen molar-refractivity contribution in [1.82, 2.24) is 4.98 Å². The summed E-state index contributed by atoms with van der Waals surface area (Å²) in [5.74, 6) is -0.984. The molecule has 4 heteroatoms. The van der Waals surface area contributed by atoms with Gasteiger partial charge in [0.25, 0.3) is 0 Å². The Kier molecular flexibility index (Phi) is 4.04. The fourth-order valence-corrected chi connectivity index (χ4v) is 3.18. The van der Waals surface area contributed by atoms with E-state index in [4.69, 9.17) is 9.84 Å². The van der Waals surface area contributed by atoms with Gasteiger partial charge in [0.05, 0.1) is 23.5 Å². The SMILES string of the molecule is C=C(c1ccc2c(c1)C(C)(C)COC2(C)C)c1ccc(C(=O)O)cn1. The van der Waals surface area contributed by atoms with Crippen LogP contribution in [0.3, 0.4) is 0 Å². The second kappa shape index (κ2) is 5.81. The highest BCUT2D eigenvalue weighted by Gasteiger charge is 2.38. The lowest BCUT2D eigenvalue weighted by molar-refractivity contribution is -0.0587. The molecule has 1 aliphatic heterocycles. The fourth-order valence-electron chi connectivity index (χ4n) is 3.18. The van der Waals surface area contributed by atoms with Crippen LogP contribution in [-0.4, -0.2) is 22.7 Å². The van der Waals surface area contributed by atoms with E-state index in [1.807, 2.05) is 6.07 Å². The van der Waals surface area contributed by atoms with Crippen molar-refractivity contribution in [1.29, 1.82) is 0 Å². The number of nitrogens with zero attached hydrogens (tertiary/aromatic N) is 1. The largest absolute Gasteiger partial charge is 0.478 e. The smallest absolute Gasteiger partial charge is 0.337 e. The van der Waals surface area contributed by atoms with E-state index in [1.165, 1.54) is 17.3 Å². The number of hydrogen-bond acceptors (Lipinski definition) is 3. The summed E-state index contributed by atoms with van der Waals surface area (Å²) in [7, 11) is 0. The third-order valence-electron chi connectivity index (χ3n) is 4.86. The van der Waals surface area contributed by atoms with Gasteiger partial charge < -0.3 is 9.84 Å². The molecular weight excluding hydrogens is 314 g/mol. The topological polar surface area (TPSA) is 59.4 Å². The highest BCUT2D eigenvalue weighted by Crippen LogP contribution is 2.42. The van der Waals surface area contributed by atoms with Gasteiger partial charge in [0.1, 0.15) is 0 Å². The van der Waals surface area contributed by atoms with Crippen LogP contribution >= 0.6 is 0 Å². The minimum Gasteiger partial charge on any atom is -0.478 e. The Bertz CT molecular complexity index is 848. The highest BCUT2D eigenvalue weighted by molar-refractivity contribution is 5.87. The Hall–Kier alpha value is -2.46. The maximum atomic E-state index is 11.0. The van der Waals surface area contributed by atoms with Gasteiger partial charge in [-0.05, 0) is 42.7 Å². The highest BCUT2D eigenvalue weighted by atomic mass is 16.5. The Balaban J connectivity index is 2.01. The third kappa shape index (κ3) is 3.10. The zero-order valence-electron chi connectivity index (χ0n) is 15.1. The van der Waals surface area contributed by atoms with Crippen molar-refractivity contribution in [3.8, 4) is 0 Å². The average Bonchev–Trinajstić information content (AvgIpc) is 2.58. The number of carbonyl (C=O) groups is 1. The van der Waals surface area contributed by atoms with Crippen molar-refractivity contribution in [2.75, 3.05) is 6.61 Å². The van der Waals surface area contributed by atoms with Crippen LogP contribution in [0.2, 0.25) is 0 Å². The molecule has 0 radical (unpaired) electrons. The summed E-state index contributed by atoms with van der Waals surface area (Å²) >= 11 is 0. The molecule has 0 amide bonds. The molecule has 0 saturated heterocycles. The summed E-state index contributed by atoms with van der Waals surface area (Å²) in [6.07, 6.45) is 1.36. The van der Waals surface area contributed by atoms with E-state index in [0.717, 1.165) is 11.1 Å². The molecule has 0 atom stereocenters. The fraction of sp³-hybridized carbons (Fsp3) is 0.333. The maximum absolute atomic E-state index is 11.0. The monoisotopic (exact) mass is 337 g/mol. The first-order valence-corrected chi connectivity index (χ1v) is 8.30. The van der Waals surface area contributed by atoms with Crippen LogP contribution in [0, 0.1) is 0 Å². The number of aromatic carboxylic acids is 1. The lowest BCUT2D eigenvalue weighted by Crippen LogP contribution is -2.39. The van der Waals surface area contributed by atoms with Crippen LogP contribution in [0.5, 0.6) is 0 Å². The first-order valence-electron chi connectivity index (χ1n) is 8.30. The number of carboxylic acid groups (broad SMARTS) is 1. The molecule has 130 valence electrons. The maximum Gasteiger partial charge on any atom is 0.337 e. The predicted octanol–water partition coefficient (Wildman–Crippen LogP) is 4.38. The molecule has 0 spiro atoms. The number of pyridine rings is 1. The summed E-state index contributed by atoms with van der Waals surface area (Å²) < 4.78 is 6.04.